The number of amides is 3. The molecule has 0 spiro atoms. The first-order valence-electron chi connectivity index (χ1n) is 9.36. The number of carbonyl (C=O) groups excluding carboxylic acids is 3. The molecular weight excluding hydrogens is 351 g/mol. The van der Waals surface area contributed by atoms with E-state index in [0.29, 0.717) is 44.6 Å². The lowest BCUT2D eigenvalue weighted by atomic mass is 10.0. The van der Waals surface area contributed by atoms with E-state index in [4.69, 9.17) is 0 Å². The minimum atomic E-state index is -0.771. The Hall–Kier alpha value is -2.32. The number of halogens is 1. The molecule has 3 heterocycles. The summed E-state index contributed by atoms with van der Waals surface area (Å²) in [7, 11) is 0. The Labute approximate surface area is 156 Å². The molecule has 27 heavy (non-hydrogen) atoms. The molecule has 1 aromatic carbocycles. The molecule has 0 radical (unpaired) electrons. The van der Waals surface area contributed by atoms with E-state index in [-0.39, 0.29) is 24.3 Å². The van der Waals surface area contributed by atoms with Crippen molar-refractivity contribution in [2.45, 2.75) is 50.6 Å². The molecule has 8 heteroatoms. The van der Waals surface area contributed by atoms with E-state index in [1.165, 1.54) is 0 Å². The monoisotopic (exact) mass is 374 g/mol. The number of nitrogens with zero attached hydrogens (tertiary/aromatic N) is 1. The summed E-state index contributed by atoms with van der Waals surface area (Å²) < 4.78 is 13.2. The number of imide groups is 1. The van der Waals surface area contributed by atoms with Crippen LogP contribution in [0.4, 0.5) is 4.39 Å². The van der Waals surface area contributed by atoms with Gasteiger partial charge in [-0.15, -0.1) is 0 Å². The molecule has 0 aromatic heterocycles. The largest absolute Gasteiger partial charge is 0.322 e. The summed E-state index contributed by atoms with van der Waals surface area (Å²) in [5.74, 6) is -0.854. The number of hydrogen-bond acceptors (Lipinski definition) is 5. The van der Waals surface area contributed by atoms with Crippen molar-refractivity contribution in [3.8, 4) is 0 Å². The van der Waals surface area contributed by atoms with Crippen molar-refractivity contribution in [3.63, 3.8) is 0 Å². The summed E-state index contributed by atoms with van der Waals surface area (Å²) >= 11 is 0. The molecule has 1 aromatic rings. The zero-order valence-corrected chi connectivity index (χ0v) is 15.0. The van der Waals surface area contributed by atoms with E-state index >= 15 is 0 Å². The van der Waals surface area contributed by atoms with E-state index in [2.05, 4.69) is 16.0 Å². The van der Waals surface area contributed by atoms with Gasteiger partial charge in [0, 0.05) is 44.2 Å². The fourth-order valence-electron chi connectivity index (χ4n) is 4.03. The third-order valence-electron chi connectivity index (χ3n) is 5.48. The number of nitrogens with one attached hydrogen (secondary N) is 3. The van der Waals surface area contributed by atoms with Crippen LogP contribution in [0.5, 0.6) is 0 Å². The van der Waals surface area contributed by atoms with Gasteiger partial charge in [0.25, 0.3) is 5.91 Å². The number of fused-ring (bicyclic) bond motifs is 1. The van der Waals surface area contributed by atoms with Crippen LogP contribution < -0.4 is 16.0 Å². The highest BCUT2D eigenvalue weighted by molar-refractivity contribution is 6.05. The van der Waals surface area contributed by atoms with Crippen molar-refractivity contribution in [1.82, 2.24) is 20.9 Å². The molecule has 3 amide bonds. The molecule has 3 N–H and O–H groups in total. The van der Waals surface area contributed by atoms with Crippen molar-refractivity contribution in [1.29, 1.82) is 0 Å². The average molecular weight is 374 g/mol. The summed E-state index contributed by atoms with van der Waals surface area (Å²) in [5.41, 5.74) is 2.48. The number of hydrogen-bond donors (Lipinski definition) is 3. The summed E-state index contributed by atoms with van der Waals surface area (Å²) in [6, 6.07) is 5.29. The maximum absolute atomic E-state index is 13.2. The van der Waals surface area contributed by atoms with Crippen LogP contribution in [0.25, 0.3) is 0 Å². The SMILES string of the molecule is O=C1CCC(N2Cc3ccc(CNC[C@@H]4C[C@H](F)CN4)cc3C2=O)C(=O)N1. The average Bonchev–Trinajstić information content (AvgIpc) is 3.19. The lowest BCUT2D eigenvalue weighted by molar-refractivity contribution is -0.136. The van der Waals surface area contributed by atoms with E-state index in [1.54, 1.807) is 4.90 Å². The smallest absolute Gasteiger partial charge is 0.255 e. The third kappa shape index (κ3) is 3.72. The Morgan fingerprint density at radius 3 is 2.85 bits per heavy atom. The van der Waals surface area contributed by atoms with E-state index in [9.17, 15) is 18.8 Å². The van der Waals surface area contributed by atoms with Gasteiger partial charge in [0.05, 0.1) is 0 Å². The summed E-state index contributed by atoms with van der Waals surface area (Å²) in [6.07, 6.45) is 0.368. The topological polar surface area (TPSA) is 90.5 Å². The number of benzene rings is 1. The number of piperidine rings is 1. The van der Waals surface area contributed by atoms with Gasteiger partial charge in [-0.3, -0.25) is 19.7 Å². The maximum Gasteiger partial charge on any atom is 0.255 e. The Kier molecular flexibility index (Phi) is 4.92. The van der Waals surface area contributed by atoms with Crippen molar-refractivity contribution in [2.75, 3.05) is 13.1 Å². The maximum atomic E-state index is 13.2. The second-order valence-electron chi connectivity index (χ2n) is 7.46. The van der Waals surface area contributed by atoms with Crippen LogP contribution in [-0.4, -0.2) is 54.0 Å². The molecule has 2 fully saturated rings. The first-order valence-corrected chi connectivity index (χ1v) is 9.36. The van der Waals surface area contributed by atoms with Gasteiger partial charge in [0.2, 0.25) is 11.8 Å². The van der Waals surface area contributed by atoms with Gasteiger partial charge in [-0.25, -0.2) is 4.39 Å². The fourth-order valence-corrected chi connectivity index (χ4v) is 4.03. The number of carbonyl (C=O) groups is 3. The van der Waals surface area contributed by atoms with Crippen molar-refractivity contribution in [3.05, 3.63) is 34.9 Å². The molecule has 144 valence electrons. The Morgan fingerprint density at radius 1 is 1.26 bits per heavy atom. The standard InChI is InChI=1S/C19H23FN4O3/c20-13-6-14(22-8-13)9-21-7-11-1-2-12-10-24(19(27)15(12)5-11)16-3-4-17(25)23-18(16)26/h1-2,5,13-14,16,21-22H,3-4,6-10H2,(H,23,25,26)/t13-,14-,16?/m0/s1. The lowest BCUT2D eigenvalue weighted by Crippen LogP contribution is -2.52. The lowest BCUT2D eigenvalue weighted by Gasteiger charge is -2.29. The van der Waals surface area contributed by atoms with Crippen molar-refractivity contribution >= 4 is 17.7 Å². The second kappa shape index (κ2) is 7.36. The summed E-state index contributed by atoms with van der Waals surface area (Å²) in [4.78, 5) is 37.7. The molecule has 3 aliphatic heterocycles. The third-order valence-corrected chi connectivity index (χ3v) is 5.48. The highest BCUT2D eigenvalue weighted by Crippen LogP contribution is 2.28. The van der Waals surface area contributed by atoms with Crippen LogP contribution in [0, 0.1) is 0 Å². The fraction of sp³-hybridized carbons (Fsp3) is 0.526. The van der Waals surface area contributed by atoms with Crippen LogP contribution in [-0.2, 0) is 22.7 Å². The Bertz CT molecular complexity index is 784. The van der Waals surface area contributed by atoms with Gasteiger partial charge in [0.15, 0.2) is 0 Å². The molecule has 2 saturated heterocycles. The molecule has 4 rings (SSSR count). The van der Waals surface area contributed by atoms with Gasteiger partial charge in [-0.2, -0.15) is 0 Å². The van der Waals surface area contributed by atoms with Crippen molar-refractivity contribution in [2.24, 2.45) is 0 Å². The van der Waals surface area contributed by atoms with Crippen LogP contribution >= 0.6 is 0 Å². The molecule has 0 saturated carbocycles. The minimum absolute atomic E-state index is 0.138. The van der Waals surface area contributed by atoms with Crippen LogP contribution in [0.15, 0.2) is 18.2 Å². The predicted octanol–water partition coefficient (Wildman–Crippen LogP) is 0.237. The van der Waals surface area contributed by atoms with Gasteiger partial charge >= 0.3 is 0 Å². The highest BCUT2D eigenvalue weighted by Gasteiger charge is 2.39. The summed E-state index contributed by atoms with van der Waals surface area (Å²) in [5, 5.41) is 8.74. The predicted molar refractivity (Wildman–Crippen MR) is 95.5 cm³/mol. The van der Waals surface area contributed by atoms with E-state index in [0.717, 1.165) is 11.1 Å². The quantitative estimate of drug-likeness (QED) is 0.643. The van der Waals surface area contributed by atoms with Crippen LogP contribution in [0.1, 0.15) is 40.7 Å². The molecule has 7 nitrogen and oxygen atoms in total. The molecule has 3 atom stereocenters. The molecule has 1 unspecified atom stereocenters. The first kappa shape index (κ1) is 18.1. The summed E-state index contributed by atoms with van der Waals surface area (Å²) in [6.45, 7) is 2.07. The van der Waals surface area contributed by atoms with Crippen molar-refractivity contribution < 1.29 is 18.8 Å². The second-order valence-corrected chi connectivity index (χ2v) is 7.46. The van der Waals surface area contributed by atoms with E-state index < -0.39 is 18.1 Å². The first-order chi connectivity index (χ1) is 13.0. The molecule has 0 bridgehead atoms. The normalized spacial score (nSPS) is 27.8. The van der Waals surface area contributed by atoms with Crippen LogP contribution in [0.3, 0.4) is 0 Å². The van der Waals surface area contributed by atoms with E-state index in [1.807, 2.05) is 18.2 Å². The van der Waals surface area contributed by atoms with Crippen LogP contribution in [0.2, 0.25) is 0 Å². The van der Waals surface area contributed by atoms with Gasteiger partial charge in [0.1, 0.15) is 12.2 Å². The van der Waals surface area contributed by atoms with Gasteiger partial charge < -0.3 is 15.5 Å². The zero-order valence-electron chi connectivity index (χ0n) is 15.0. The molecule has 0 aliphatic carbocycles. The Balaban J connectivity index is 1.38. The number of alkyl halides is 1. The zero-order chi connectivity index (χ0) is 19.0. The Morgan fingerprint density at radius 2 is 2.11 bits per heavy atom. The van der Waals surface area contributed by atoms with Gasteiger partial charge in [-0.1, -0.05) is 12.1 Å². The van der Waals surface area contributed by atoms with Gasteiger partial charge in [-0.05, 0) is 30.0 Å². The molecule has 3 aliphatic rings. The minimum Gasteiger partial charge on any atom is -0.322 e. The molecular formula is C19H23FN4O3. The highest BCUT2D eigenvalue weighted by atomic mass is 19.1. The number of rotatable bonds is 5.